The van der Waals surface area contributed by atoms with Crippen LogP contribution in [0.25, 0.3) is 55.3 Å². The lowest BCUT2D eigenvalue weighted by Crippen LogP contribution is -2.43. The number of azide groups is 1. The standard InChI is InChI=1S/C24H21N9O/c25-30-31-33-11-9-32(10-12-33)17-4-8-20-22(14-17)29-24(27-20)16-3-7-19-21(13-16)28-23(26-19)15-1-5-18(34)6-2-15/h1-8,13-14,34H,9-12H2,(H,26,28)(H,27,29). The Morgan fingerprint density at radius 3 is 2.12 bits per heavy atom. The molecular formula is C24H21N9O. The van der Waals surface area contributed by atoms with E-state index < -0.39 is 0 Å². The molecule has 0 unspecified atom stereocenters. The first-order valence-electron chi connectivity index (χ1n) is 11.0. The Hall–Kier alpha value is -4.69. The van der Waals surface area contributed by atoms with Crippen LogP contribution in [0, 0.1) is 0 Å². The van der Waals surface area contributed by atoms with E-state index in [0.717, 1.165) is 63.6 Å². The van der Waals surface area contributed by atoms with Gasteiger partial charge in [0.15, 0.2) is 0 Å². The zero-order valence-electron chi connectivity index (χ0n) is 18.2. The number of nitrogens with zero attached hydrogens (tertiary/aromatic N) is 7. The van der Waals surface area contributed by atoms with Gasteiger partial charge in [0.25, 0.3) is 0 Å². The number of phenolic OH excluding ortho intramolecular Hbond substituents is 1. The van der Waals surface area contributed by atoms with Crippen LogP contribution >= 0.6 is 0 Å². The van der Waals surface area contributed by atoms with Gasteiger partial charge in [0.05, 0.1) is 35.2 Å². The lowest BCUT2D eigenvalue weighted by Gasteiger charge is -2.31. The van der Waals surface area contributed by atoms with Crippen LogP contribution in [0.3, 0.4) is 0 Å². The van der Waals surface area contributed by atoms with Crippen LogP contribution in [-0.4, -0.2) is 56.2 Å². The quantitative estimate of drug-likeness (QED) is 0.205. The van der Waals surface area contributed by atoms with E-state index >= 15 is 0 Å². The molecule has 3 N–H and O–H groups in total. The average Bonchev–Trinajstić information content (AvgIpc) is 3.48. The molecule has 10 heteroatoms. The van der Waals surface area contributed by atoms with Crippen molar-refractivity contribution in [3.63, 3.8) is 0 Å². The number of rotatable bonds is 4. The summed E-state index contributed by atoms with van der Waals surface area (Å²) in [7, 11) is 0. The minimum Gasteiger partial charge on any atom is -0.508 e. The van der Waals surface area contributed by atoms with E-state index in [1.807, 2.05) is 36.4 Å². The third-order valence-electron chi connectivity index (χ3n) is 6.15. The van der Waals surface area contributed by atoms with Gasteiger partial charge >= 0.3 is 0 Å². The number of phenols is 1. The van der Waals surface area contributed by atoms with Gasteiger partial charge in [0, 0.05) is 16.8 Å². The number of piperazine rings is 1. The highest BCUT2D eigenvalue weighted by Gasteiger charge is 2.19. The van der Waals surface area contributed by atoms with Crippen molar-refractivity contribution in [1.29, 1.82) is 0 Å². The van der Waals surface area contributed by atoms with Crippen molar-refractivity contribution < 1.29 is 5.11 Å². The second kappa shape index (κ2) is 8.02. The third kappa shape index (κ3) is 3.62. The summed E-state index contributed by atoms with van der Waals surface area (Å²) in [6.07, 6.45) is 0. The minimum absolute atomic E-state index is 0.227. The van der Waals surface area contributed by atoms with Crippen LogP contribution in [0.5, 0.6) is 5.75 Å². The molecule has 34 heavy (non-hydrogen) atoms. The molecule has 0 aliphatic carbocycles. The molecule has 3 heterocycles. The van der Waals surface area contributed by atoms with Crippen LogP contribution in [0.2, 0.25) is 0 Å². The zero-order valence-corrected chi connectivity index (χ0v) is 18.2. The molecule has 1 saturated heterocycles. The third-order valence-corrected chi connectivity index (χ3v) is 6.15. The Bertz CT molecular complexity index is 1540. The fourth-order valence-electron chi connectivity index (χ4n) is 4.34. The van der Waals surface area contributed by atoms with Crippen LogP contribution in [-0.2, 0) is 0 Å². The molecule has 3 aromatic carbocycles. The molecule has 0 bridgehead atoms. The summed E-state index contributed by atoms with van der Waals surface area (Å²) in [6.45, 7) is 3.00. The van der Waals surface area contributed by atoms with E-state index in [1.165, 1.54) is 0 Å². The zero-order chi connectivity index (χ0) is 23.1. The summed E-state index contributed by atoms with van der Waals surface area (Å²) in [6, 6.07) is 19.2. The molecule has 0 amide bonds. The molecular weight excluding hydrogens is 430 g/mol. The molecule has 1 aliphatic heterocycles. The largest absolute Gasteiger partial charge is 0.508 e. The van der Waals surface area contributed by atoms with Gasteiger partial charge in [-0.1, -0.05) is 0 Å². The number of anilines is 1. The highest BCUT2D eigenvalue weighted by atomic mass is 16.3. The molecule has 168 valence electrons. The fraction of sp³-hybridized carbons (Fsp3) is 0.167. The van der Waals surface area contributed by atoms with Crippen LogP contribution in [0.4, 0.5) is 5.69 Å². The monoisotopic (exact) mass is 451 g/mol. The van der Waals surface area contributed by atoms with Gasteiger partial charge in [-0.05, 0) is 65.9 Å². The lowest BCUT2D eigenvalue weighted by atomic mass is 10.2. The number of H-pyrrole nitrogens is 2. The Balaban J connectivity index is 1.28. The molecule has 0 atom stereocenters. The van der Waals surface area contributed by atoms with Crippen LogP contribution < -0.4 is 4.90 Å². The van der Waals surface area contributed by atoms with E-state index in [9.17, 15) is 5.11 Å². The van der Waals surface area contributed by atoms with Crippen molar-refractivity contribution >= 4 is 27.8 Å². The number of imidazole rings is 2. The highest BCUT2D eigenvalue weighted by Crippen LogP contribution is 2.28. The second-order valence-electron chi connectivity index (χ2n) is 8.27. The summed E-state index contributed by atoms with van der Waals surface area (Å²) < 4.78 is 0. The summed E-state index contributed by atoms with van der Waals surface area (Å²) in [5, 5.41) is 15.0. The maximum atomic E-state index is 9.53. The summed E-state index contributed by atoms with van der Waals surface area (Å²) in [5.74, 6) is 1.77. The first-order valence-corrected chi connectivity index (χ1v) is 11.0. The van der Waals surface area contributed by atoms with Crippen LogP contribution in [0.1, 0.15) is 0 Å². The van der Waals surface area contributed by atoms with Crippen LogP contribution in [0.15, 0.2) is 65.9 Å². The molecule has 5 aromatic rings. The number of fused-ring (bicyclic) bond motifs is 2. The molecule has 10 nitrogen and oxygen atoms in total. The Morgan fingerprint density at radius 2 is 1.41 bits per heavy atom. The summed E-state index contributed by atoms with van der Waals surface area (Å²) >= 11 is 0. The first-order chi connectivity index (χ1) is 16.7. The van der Waals surface area contributed by atoms with Crippen molar-refractivity contribution in [2.24, 2.45) is 5.22 Å². The molecule has 0 spiro atoms. The van der Waals surface area contributed by atoms with Gasteiger partial charge in [0.1, 0.15) is 30.5 Å². The molecule has 0 saturated carbocycles. The highest BCUT2D eigenvalue weighted by molar-refractivity contribution is 5.87. The average molecular weight is 451 g/mol. The van der Waals surface area contributed by atoms with Gasteiger partial charge in [-0.3, -0.25) is 0 Å². The van der Waals surface area contributed by atoms with Crippen molar-refractivity contribution in [3.8, 4) is 28.5 Å². The van der Waals surface area contributed by atoms with Gasteiger partial charge in [0.2, 0.25) is 0 Å². The van der Waals surface area contributed by atoms with Crippen molar-refractivity contribution in [3.05, 3.63) is 71.1 Å². The molecule has 2 aromatic heterocycles. The molecule has 0 radical (unpaired) electrons. The maximum Gasteiger partial charge on any atom is 0.138 e. The van der Waals surface area contributed by atoms with E-state index in [0.29, 0.717) is 13.1 Å². The Kier molecular flexibility index (Phi) is 4.71. The van der Waals surface area contributed by atoms with E-state index in [-0.39, 0.29) is 5.75 Å². The number of aromatic amines is 2. The first kappa shape index (κ1) is 20.0. The predicted molar refractivity (Wildman–Crippen MR) is 131 cm³/mol. The van der Waals surface area contributed by atoms with Gasteiger partial charge in [-0.2, -0.15) is 4.91 Å². The second-order valence-corrected chi connectivity index (χ2v) is 8.27. The summed E-state index contributed by atoms with van der Waals surface area (Å²) in [5.41, 5.74) is 15.3. The van der Waals surface area contributed by atoms with Crippen molar-refractivity contribution in [2.45, 2.75) is 0 Å². The SMILES string of the molecule is [N-]=[N+]=NN1CCN(c2ccc3nc(-c4ccc5nc(-c6ccc(O)cc6)[nH]c5c4)[nH]c3c2)CC1. The van der Waals surface area contributed by atoms with Gasteiger partial charge < -0.3 is 20.0 Å². The number of nitrogens with one attached hydrogen (secondary N) is 2. The Morgan fingerprint density at radius 1 is 0.794 bits per heavy atom. The maximum absolute atomic E-state index is 9.53. The number of aromatic nitrogens is 4. The number of hydrogen-bond donors (Lipinski definition) is 3. The van der Waals surface area contributed by atoms with Crippen molar-refractivity contribution in [1.82, 2.24) is 24.9 Å². The number of aromatic hydroxyl groups is 1. The van der Waals surface area contributed by atoms with Crippen molar-refractivity contribution in [2.75, 3.05) is 31.1 Å². The topological polar surface area (TPSA) is 133 Å². The smallest absolute Gasteiger partial charge is 0.138 e. The minimum atomic E-state index is 0.227. The molecule has 1 fully saturated rings. The molecule has 6 rings (SSSR count). The number of benzene rings is 3. The Labute approximate surface area is 194 Å². The molecule has 1 aliphatic rings. The fourth-order valence-corrected chi connectivity index (χ4v) is 4.34. The van der Waals surface area contributed by atoms with E-state index in [1.54, 1.807) is 17.1 Å². The summed E-state index contributed by atoms with van der Waals surface area (Å²) in [4.78, 5) is 21.4. The van der Waals surface area contributed by atoms with Gasteiger partial charge in [-0.25, -0.2) is 15.0 Å². The van der Waals surface area contributed by atoms with Gasteiger partial charge in [-0.15, -0.1) is 5.53 Å². The lowest BCUT2D eigenvalue weighted by molar-refractivity contribution is 0.265. The predicted octanol–water partition coefficient (Wildman–Crippen LogP) is 4.83. The number of hydrogen-bond acceptors (Lipinski definition) is 5. The van der Waals surface area contributed by atoms with E-state index in [4.69, 9.17) is 10.5 Å². The normalized spacial score (nSPS) is 14.0. The van der Waals surface area contributed by atoms with E-state index in [2.05, 4.69) is 42.1 Å².